The van der Waals surface area contributed by atoms with Crippen molar-refractivity contribution in [2.24, 2.45) is 0 Å². The lowest BCUT2D eigenvalue weighted by atomic mass is 10.2. The third-order valence-corrected chi connectivity index (χ3v) is 3.24. The van der Waals surface area contributed by atoms with Crippen LogP contribution in [0.25, 0.3) is 0 Å². The zero-order valence-corrected chi connectivity index (χ0v) is 11.5. The number of aromatic nitrogens is 1. The number of nitrogens with zero attached hydrogens (tertiary/aromatic N) is 2. The largest absolute Gasteiger partial charge is 0.343 e. The van der Waals surface area contributed by atoms with Crippen molar-refractivity contribution in [1.82, 2.24) is 15.2 Å². The van der Waals surface area contributed by atoms with Crippen molar-refractivity contribution in [3.63, 3.8) is 0 Å². The number of hydrogen-bond donors (Lipinski definition) is 1. The van der Waals surface area contributed by atoms with E-state index in [0.29, 0.717) is 11.3 Å². The lowest BCUT2D eigenvalue weighted by Crippen LogP contribution is -2.38. The molecule has 1 saturated heterocycles. The molecule has 0 saturated carbocycles. The number of pyridine rings is 1. The van der Waals surface area contributed by atoms with Crippen LogP contribution >= 0.6 is 11.6 Å². The highest BCUT2D eigenvalue weighted by Gasteiger charge is 2.18. The van der Waals surface area contributed by atoms with Gasteiger partial charge in [0, 0.05) is 24.3 Å². The summed E-state index contributed by atoms with van der Waals surface area (Å²) < 4.78 is 0. The summed E-state index contributed by atoms with van der Waals surface area (Å²) in [6.45, 7) is 3.36. The highest BCUT2D eigenvalue weighted by atomic mass is 35.5. The normalized spacial score (nSPS) is 14.5. The maximum Gasteiger partial charge on any atom is 0.251 e. The van der Waals surface area contributed by atoms with Gasteiger partial charge in [0.1, 0.15) is 5.15 Å². The Hall–Kier alpha value is -1.62. The predicted octanol–water partition coefficient (Wildman–Crippen LogP) is 1.40. The molecular weight excluding hydrogens is 266 g/mol. The molecule has 0 aromatic carbocycles. The van der Waals surface area contributed by atoms with E-state index in [9.17, 15) is 9.59 Å². The van der Waals surface area contributed by atoms with Crippen LogP contribution in [0.2, 0.25) is 5.15 Å². The molecule has 5 nitrogen and oxygen atoms in total. The second kappa shape index (κ2) is 6.02. The van der Waals surface area contributed by atoms with Crippen molar-refractivity contribution in [3.8, 4) is 0 Å². The Morgan fingerprint density at radius 2 is 2.05 bits per heavy atom. The molecular formula is C13H16ClN3O2. The maximum atomic E-state index is 11.9. The zero-order chi connectivity index (χ0) is 13.8. The Kier molecular flexibility index (Phi) is 4.37. The van der Waals surface area contributed by atoms with E-state index < -0.39 is 0 Å². The smallest absolute Gasteiger partial charge is 0.251 e. The molecule has 0 unspecified atom stereocenters. The molecule has 1 N–H and O–H groups in total. The molecule has 2 rings (SSSR count). The third kappa shape index (κ3) is 3.67. The van der Waals surface area contributed by atoms with Gasteiger partial charge in [-0.25, -0.2) is 4.98 Å². The summed E-state index contributed by atoms with van der Waals surface area (Å²) >= 11 is 5.79. The molecule has 0 atom stereocenters. The molecule has 1 aliphatic heterocycles. The molecule has 0 bridgehead atoms. The number of aryl methyl sites for hydroxylation is 1. The van der Waals surface area contributed by atoms with Gasteiger partial charge in [0.25, 0.3) is 5.91 Å². The van der Waals surface area contributed by atoms with Crippen molar-refractivity contribution in [2.45, 2.75) is 19.8 Å². The van der Waals surface area contributed by atoms with E-state index in [4.69, 9.17) is 11.6 Å². The van der Waals surface area contributed by atoms with E-state index in [1.807, 2.05) is 0 Å². The van der Waals surface area contributed by atoms with Gasteiger partial charge in [-0.2, -0.15) is 0 Å². The van der Waals surface area contributed by atoms with Crippen LogP contribution in [-0.2, 0) is 4.79 Å². The Balaban J connectivity index is 1.91. The number of nitrogens with one attached hydrogen (secondary N) is 1. The lowest BCUT2D eigenvalue weighted by Gasteiger charge is -2.15. The number of rotatable bonds is 3. The first kappa shape index (κ1) is 13.8. The fourth-order valence-electron chi connectivity index (χ4n) is 2.10. The lowest BCUT2D eigenvalue weighted by molar-refractivity contribution is -0.129. The Labute approximate surface area is 117 Å². The van der Waals surface area contributed by atoms with Crippen molar-refractivity contribution in [3.05, 3.63) is 28.5 Å². The highest BCUT2D eigenvalue weighted by molar-refractivity contribution is 6.29. The van der Waals surface area contributed by atoms with Crippen LogP contribution in [0.3, 0.4) is 0 Å². The van der Waals surface area contributed by atoms with Crippen LogP contribution in [0, 0.1) is 6.92 Å². The molecule has 6 heteroatoms. The number of carbonyl (C=O) groups is 2. The van der Waals surface area contributed by atoms with Crippen LogP contribution in [-0.4, -0.2) is 41.3 Å². The first-order valence-corrected chi connectivity index (χ1v) is 6.64. The summed E-state index contributed by atoms with van der Waals surface area (Å²) in [4.78, 5) is 29.4. The third-order valence-electron chi connectivity index (χ3n) is 3.04. The maximum absolute atomic E-state index is 11.9. The van der Waals surface area contributed by atoms with E-state index in [2.05, 4.69) is 10.3 Å². The fraction of sp³-hybridized carbons (Fsp3) is 0.462. The number of amides is 2. The van der Waals surface area contributed by atoms with E-state index in [1.165, 1.54) is 6.07 Å². The zero-order valence-electron chi connectivity index (χ0n) is 10.8. The Bertz CT molecular complexity index is 478. The van der Waals surface area contributed by atoms with Gasteiger partial charge in [0.2, 0.25) is 5.91 Å². The average molecular weight is 282 g/mol. The topological polar surface area (TPSA) is 62.3 Å². The monoisotopic (exact) mass is 281 g/mol. The summed E-state index contributed by atoms with van der Waals surface area (Å²) in [5, 5.41) is 2.89. The molecule has 102 valence electrons. The summed E-state index contributed by atoms with van der Waals surface area (Å²) in [7, 11) is 0. The fourth-order valence-corrected chi connectivity index (χ4v) is 2.35. The number of halogens is 1. The van der Waals surface area contributed by atoms with Crippen LogP contribution < -0.4 is 5.32 Å². The molecule has 19 heavy (non-hydrogen) atoms. The van der Waals surface area contributed by atoms with Crippen LogP contribution in [0.1, 0.15) is 28.9 Å². The minimum absolute atomic E-state index is 0.0256. The standard InChI is InChI=1S/C13H16ClN3O2/c1-9-6-10(7-11(14)16-9)13(19)15-8-12(18)17-4-2-3-5-17/h6-7H,2-5,8H2,1H3,(H,15,19). The molecule has 0 radical (unpaired) electrons. The molecule has 1 fully saturated rings. The first-order chi connectivity index (χ1) is 9.06. The van der Waals surface area contributed by atoms with Crippen molar-refractivity contribution < 1.29 is 9.59 Å². The summed E-state index contributed by atoms with van der Waals surface area (Å²) in [5.74, 6) is -0.345. The van der Waals surface area contributed by atoms with Gasteiger partial charge in [-0.05, 0) is 31.9 Å². The second-order valence-corrected chi connectivity index (χ2v) is 4.98. The Morgan fingerprint density at radius 3 is 2.68 bits per heavy atom. The van der Waals surface area contributed by atoms with Gasteiger partial charge in [-0.1, -0.05) is 11.6 Å². The van der Waals surface area contributed by atoms with Gasteiger partial charge in [0.15, 0.2) is 0 Å². The van der Waals surface area contributed by atoms with Crippen molar-refractivity contribution in [1.29, 1.82) is 0 Å². The molecule has 1 aliphatic rings. The van der Waals surface area contributed by atoms with Gasteiger partial charge in [-0.15, -0.1) is 0 Å². The molecule has 0 spiro atoms. The van der Waals surface area contributed by atoms with Gasteiger partial charge >= 0.3 is 0 Å². The highest BCUT2D eigenvalue weighted by Crippen LogP contribution is 2.10. The minimum Gasteiger partial charge on any atom is -0.343 e. The summed E-state index contributed by atoms with van der Waals surface area (Å²) in [6.07, 6.45) is 2.08. The molecule has 0 aliphatic carbocycles. The van der Waals surface area contributed by atoms with E-state index in [0.717, 1.165) is 25.9 Å². The Morgan fingerprint density at radius 1 is 1.37 bits per heavy atom. The SMILES string of the molecule is Cc1cc(C(=O)NCC(=O)N2CCCC2)cc(Cl)n1. The predicted molar refractivity (Wildman–Crippen MR) is 72.1 cm³/mol. The first-order valence-electron chi connectivity index (χ1n) is 6.26. The van der Waals surface area contributed by atoms with Crippen molar-refractivity contribution >= 4 is 23.4 Å². The number of carbonyl (C=O) groups excluding carboxylic acids is 2. The molecule has 1 aromatic heterocycles. The minimum atomic E-state index is -0.306. The summed E-state index contributed by atoms with van der Waals surface area (Å²) in [6, 6.07) is 3.13. The van der Waals surface area contributed by atoms with Crippen molar-refractivity contribution in [2.75, 3.05) is 19.6 Å². The van der Waals surface area contributed by atoms with Gasteiger partial charge < -0.3 is 10.2 Å². The van der Waals surface area contributed by atoms with E-state index >= 15 is 0 Å². The molecule has 2 heterocycles. The van der Waals surface area contributed by atoms with Crippen LogP contribution in [0.4, 0.5) is 0 Å². The van der Waals surface area contributed by atoms with Crippen LogP contribution in [0.15, 0.2) is 12.1 Å². The quantitative estimate of drug-likeness (QED) is 0.852. The van der Waals surface area contributed by atoms with E-state index in [1.54, 1.807) is 17.9 Å². The second-order valence-electron chi connectivity index (χ2n) is 4.59. The molecule has 2 amide bonds. The van der Waals surface area contributed by atoms with Gasteiger partial charge in [-0.3, -0.25) is 9.59 Å². The van der Waals surface area contributed by atoms with Crippen LogP contribution in [0.5, 0.6) is 0 Å². The van der Waals surface area contributed by atoms with E-state index in [-0.39, 0.29) is 23.5 Å². The summed E-state index contributed by atoms with van der Waals surface area (Å²) in [5.41, 5.74) is 1.09. The molecule has 1 aromatic rings. The number of hydrogen-bond acceptors (Lipinski definition) is 3. The van der Waals surface area contributed by atoms with Gasteiger partial charge in [0.05, 0.1) is 6.54 Å². The average Bonchev–Trinajstić information content (AvgIpc) is 2.88. The number of likely N-dealkylation sites (tertiary alicyclic amines) is 1.